The summed E-state index contributed by atoms with van der Waals surface area (Å²) in [5, 5.41) is 1.20. The number of aryl methyl sites for hydroxylation is 1. The summed E-state index contributed by atoms with van der Waals surface area (Å²) in [5.41, 5.74) is 5.19. The highest BCUT2D eigenvalue weighted by Gasteiger charge is 2.06. The highest BCUT2D eigenvalue weighted by Crippen LogP contribution is 2.21. The van der Waals surface area contributed by atoms with Gasteiger partial charge in [0.15, 0.2) is 0 Å². The van der Waals surface area contributed by atoms with Crippen molar-refractivity contribution < 1.29 is 0 Å². The molecule has 0 spiro atoms. The Hall–Kier alpha value is -2.02. The van der Waals surface area contributed by atoms with Gasteiger partial charge in [-0.2, -0.15) is 0 Å². The molecule has 20 heavy (non-hydrogen) atoms. The van der Waals surface area contributed by atoms with Gasteiger partial charge >= 0.3 is 0 Å². The van der Waals surface area contributed by atoms with Gasteiger partial charge in [0.1, 0.15) is 0 Å². The number of rotatable bonds is 3. The van der Waals surface area contributed by atoms with Crippen LogP contribution < -0.4 is 0 Å². The minimum Gasteiger partial charge on any atom is -0.340 e. The van der Waals surface area contributed by atoms with Crippen molar-refractivity contribution >= 4 is 10.9 Å². The van der Waals surface area contributed by atoms with E-state index in [1.165, 1.54) is 27.7 Å². The third kappa shape index (κ3) is 2.36. The average Bonchev–Trinajstić information content (AvgIpc) is 2.76. The molecule has 1 radical (unpaired) electrons. The van der Waals surface area contributed by atoms with Crippen molar-refractivity contribution in [3.63, 3.8) is 0 Å². The monoisotopic (exact) mass is 262 g/mol. The molecule has 0 N–H and O–H groups in total. The van der Waals surface area contributed by atoms with Crippen molar-refractivity contribution in [1.82, 2.24) is 4.57 Å². The molecule has 1 heterocycles. The molecule has 0 unspecified atom stereocenters. The zero-order valence-electron chi connectivity index (χ0n) is 12.4. The van der Waals surface area contributed by atoms with Gasteiger partial charge in [0, 0.05) is 29.2 Å². The average molecular weight is 262 g/mol. The van der Waals surface area contributed by atoms with Crippen LogP contribution in [0, 0.1) is 13.0 Å². The standard InChI is InChI=1S/C19H20N/c1-14(2)17-10-8-16(9-11-17)13-20-15(3)12-18-6-4-5-7-19(18)20/h4-11,14H,13H2,1-3H3. The zero-order chi connectivity index (χ0) is 14.1. The SMILES string of the molecule is Cc1[c]c2ccccc2n1Cc1ccc(C(C)C)cc1. The summed E-state index contributed by atoms with van der Waals surface area (Å²) in [5.74, 6) is 0.589. The van der Waals surface area contributed by atoms with Crippen LogP contribution in [0.5, 0.6) is 0 Å². The lowest BCUT2D eigenvalue weighted by Crippen LogP contribution is -2.01. The van der Waals surface area contributed by atoms with Gasteiger partial charge in [-0.05, 0) is 30.0 Å². The van der Waals surface area contributed by atoms with Crippen LogP contribution in [-0.2, 0) is 6.54 Å². The van der Waals surface area contributed by atoms with Gasteiger partial charge in [-0.25, -0.2) is 0 Å². The van der Waals surface area contributed by atoms with E-state index in [2.05, 4.69) is 79.9 Å². The van der Waals surface area contributed by atoms with Crippen LogP contribution in [0.15, 0.2) is 48.5 Å². The summed E-state index contributed by atoms with van der Waals surface area (Å²) in [7, 11) is 0. The van der Waals surface area contributed by atoms with E-state index >= 15 is 0 Å². The molecule has 0 aliphatic rings. The Balaban J connectivity index is 1.94. The van der Waals surface area contributed by atoms with Gasteiger partial charge in [-0.3, -0.25) is 0 Å². The molecule has 1 heteroatoms. The summed E-state index contributed by atoms with van der Waals surface area (Å²) in [6, 6.07) is 20.9. The fraction of sp³-hybridized carbons (Fsp3) is 0.263. The van der Waals surface area contributed by atoms with E-state index in [4.69, 9.17) is 0 Å². The predicted octanol–water partition coefficient (Wildman–Crippen LogP) is 4.92. The molecule has 1 nitrogen and oxygen atoms in total. The number of aromatic nitrogens is 1. The second-order valence-electron chi connectivity index (χ2n) is 5.71. The zero-order valence-corrected chi connectivity index (χ0v) is 12.4. The van der Waals surface area contributed by atoms with Crippen LogP contribution in [-0.4, -0.2) is 4.57 Å². The van der Waals surface area contributed by atoms with E-state index in [0.29, 0.717) is 5.92 Å². The molecule has 3 aromatic rings. The van der Waals surface area contributed by atoms with E-state index < -0.39 is 0 Å². The summed E-state index contributed by atoms with van der Waals surface area (Å²) in [4.78, 5) is 0. The van der Waals surface area contributed by atoms with Crippen LogP contribution in [0.25, 0.3) is 10.9 Å². The maximum Gasteiger partial charge on any atom is 0.0492 e. The fourth-order valence-electron chi connectivity index (χ4n) is 2.65. The van der Waals surface area contributed by atoms with Crippen molar-refractivity contribution in [2.45, 2.75) is 33.2 Å². The lowest BCUT2D eigenvalue weighted by Gasteiger charge is -2.10. The van der Waals surface area contributed by atoms with Crippen LogP contribution in [0.3, 0.4) is 0 Å². The Bertz CT molecular complexity index is 717. The normalized spacial score (nSPS) is 11.4. The molecular weight excluding hydrogens is 242 g/mol. The van der Waals surface area contributed by atoms with Crippen molar-refractivity contribution in [3.05, 3.63) is 71.4 Å². The lowest BCUT2D eigenvalue weighted by molar-refractivity contribution is 0.800. The molecule has 101 valence electrons. The third-order valence-corrected chi connectivity index (χ3v) is 3.90. The van der Waals surface area contributed by atoms with Gasteiger partial charge in [0.2, 0.25) is 0 Å². The number of hydrogen-bond donors (Lipinski definition) is 0. The molecule has 0 aliphatic carbocycles. The first-order valence-electron chi connectivity index (χ1n) is 7.21. The Kier molecular flexibility index (Phi) is 3.35. The molecule has 0 saturated heterocycles. The second kappa shape index (κ2) is 5.16. The predicted molar refractivity (Wildman–Crippen MR) is 85.1 cm³/mol. The summed E-state index contributed by atoms with van der Waals surface area (Å²) in [6.07, 6.45) is 0. The molecule has 1 aromatic heterocycles. The van der Waals surface area contributed by atoms with Crippen LogP contribution in [0.4, 0.5) is 0 Å². The molecule has 2 aromatic carbocycles. The first kappa shape index (κ1) is 13.0. The minimum atomic E-state index is 0.589. The van der Waals surface area contributed by atoms with Gasteiger partial charge in [0.05, 0.1) is 0 Å². The number of para-hydroxylation sites is 1. The van der Waals surface area contributed by atoms with E-state index in [1.807, 2.05) is 0 Å². The summed E-state index contributed by atoms with van der Waals surface area (Å²) < 4.78 is 2.33. The smallest absolute Gasteiger partial charge is 0.0492 e. The molecule has 0 bridgehead atoms. The molecular formula is C19H20N. The molecule has 0 amide bonds. The Morgan fingerprint density at radius 1 is 1.00 bits per heavy atom. The number of fused-ring (bicyclic) bond motifs is 1. The maximum absolute atomic E-state index is 3.44. The summed E-state index contributed by atoms with van der Waals surface area (Å²) in [6.45, 7) is 7.50. The Labute approximate surface area is 120 Å². The van der Waals surface area contributed by atoms with Crippen molar-refractivity contribution in [2.75, 3.05) is 0 Å². The van der Waals surface area contributed by atoms with Crippen molar-refractivity contribution in [2.24, 2.45) is 0 Å². The fourth-order valence-corrected chi connectivity index (χ4v) is 2.65. The van der Waals surface area contributed by atoms with Crippen LogP contribution in [0.1, 0.15) is 36.6 Å². The minimum absolute atomic E-state index is 0.589. The summed E-state index contributed by atoms with van der Waals surface area (Å²) >= 11 is 0. The van der Waals surface area contributed by atoms with Gasteiger partial charge in [-0.15, -0.1) is 0 Å². The maximum atomic E-state index is 3.44. The van der Waals surface area contributed by atoms with Gasteiger partial charge < -0.3 is 4.57 Å². The van der Waals surface area contributed by atoms with Crippen LogP contribution >= 0.6 is 0 Å². The molecule has 3 rings (SSSR count). The molecule has 0 atom stereocenters. The first-order chi connectivity index (χ1) is 9.65. The third-order valence-electron chi connectivity index (χ3n) is 3.90. The molecule has 0 saturated carbocycles. The quantitative estimate of drug-likeness (QED) is 0.631. The topological polar surface area (TPSA) is 4.93 Å². The van der Waals surface area contributed by atoms with Crippen molar-refractivity contribution in [3.8, 4) is 0 Å². The van der Waals surface area contributed by atoms with Gasteiger partial charge in [-0.1, -0.05) is 56.3 Å². The number of nitrogens with zero attached hydrogens (tertiary/aromatic N) is 1. The highest BCUT2D eigenvalue weighted by molar-refractivity contribution is 5.80. The van der Waals surface area contributed by atoms with Crippen LogP contribution in [0.2, 0.25) is 0 Å². The Morgan fingerprint density at radius 2 is 1.70 bits per heavy atom. The van der Waals surface area contributed by atoms with E-state index in [1.54, 1.807) is 0 Å². The lowest BCUT2D eigenvalue weighted by atomic mass is 10.0. The highest BCUT2D eigenvalue weighted by atomic mass is 15.0. The van der Waals surface area contributed by atoms with E-state index in [-0.39, 0.29) is 0 Å². The van der Waals surface area contributed by atoms with E-state index in [0.717, 1.165) is 6.54 Å². The molecule has 0 fully saturated rings. The van der Waals surface area contributed by atoms with E-state index in [9.17, 15) is 0 Å². The number of benzene rings is 2. The molecule has 0 aliphatic heterocycles. The second-order valence-corrected chi connectivity index (χ2v) is 5.71. The number of hydrogen-bond acceptors (Lipinski definition) is 0. The van der Waals surface area contributed by atoms with Gasteiger partial charge in [0.25, 0.3) is 0 Å². The Morgan fingerprint density at radius 3 is 2.40 bits per heavy atom. The van der Waals surface area contributed by atoms with Crippen molar-refractivity contribution in [1.29, 1.82) is 0 Å². The first-order valence-corrected chi connectivity index (χ1v) is 7.21. The largest absolute Gasteiger partial charge is 0.340 e.